The van der Waals surface area contributed by atoms with Gasteiger partial charge in [-0.25, -0.2) is 4.39 Å². The standard InChI is InChI=1S/C15H18FN3O6/c1-17(9-14(20)21)7-11-8-18(4-5-25-11)15(22)12-3-2-10(16)6-13(12)19(23)24/h2-3,6,11H,4-5,7-9H2,1H3,(H,20,21). The first-order valence-electron chi connectivity index (χ1n) is 7.53. The van der Waals surface area contributed by atoms with Crippen LogP contribution in [0.25, 0.3) is 0 Å². The molecule has 136 valence electrons. The fourth-order valence-corrected chi connectivity index (χ4v) is 2.66. The van der Waals surface area contributed by atoms with Gasteiger partial charge in [0.15, 0.2) is 0 Å². The molecule has 1 aromatic rings. The van der Waals surface area contributed by atoms with Crippen LogP contribution in [0.4, 0.5) is 10.1 Å². The van der Waals surface area contributed by atoms with Crippen LogP contribution in [0.2, 0.25) is 0 Å². The molecule has 1 atom stereocenters. The molecule has 1 fully saturated rings. The van der Waals surface area contributed by atoms with Crippen molar-refractivity contribution >= 4 is 17.6 Å². The summed E-state index contributed by atoms with van der Waals surface area (Å²) in [7, 11) is 1.61. The van der Waals surface area contributed by atoms with Crippen LogP contribution >= 0.6 is 0 Å². The molecule has 0 saturated carbocycles. The smallest absolute Gasteiger partial charge is 0.317 e. The highest BCUT2D eigenvalue weighted by molar-refractivity contribution is 5.98. The second-order valence-electron chi connectivity index (χ2n) is 5.75. The van der Waals surface area contributed by atoms with E-state index in [1.54, 1.807) is 11.9 Å². The van der Waals surface area contributed by atoms with Gasteiger partial charge in [0.1, 0.15) is 11.4 Å². The SMILES string of the molecule is CN(CC(=O)O)CC1CN(C(=O)c2ccc(F)cc2[N+](=O)[O-])CCO1. The molecule has 9 nitrogen and oxygen atoms in total. The molecule has 1 unspecified atom stereocenters. The van der Waals surface area contributed by atoms with Gasteiger partial charge in [0.2, 0.25) is 0 Å². The second-order valence-corrected chi connectivity index (χ2v) is 5.75. The minimum absolute atomic E-state index is 0.164. The molecule has 1 saturated heterocycles. The molecule has 0 radical (unpaired) electrons. The lowest BCUT2D eigenvalue weighted by atomic mass is 10.1. The zero-order chi connectivity index (χ0) is 18.6. The van der Waals surface area contributed by atoms with Gasteiger partial charge >= 0.3 is 5.97 Å². The van der Waals surface area contributed by atoms with E-state index in [0.717, 1.165) is 12.1 Å². The first-order valence-corrected chi connectivity index (χ1v) is 7.53. The fraction of sp³-hybridized carbons (Fsp3) is 0.467. The van der Waals surface area contributed by atoms with E-state index in [1.165, 1.54) is 4.90 Å². The van der Waals surface area contributed by atoms with Crippen molar-refractivity contribution in [3.63, 3.8) is 0 Å². The number of carboxylic acid groups (broad SMARTS) is 1. The van der Waals surface area contributed by atoms with Crippen molar-refractivity contribution < 1.29 is 28.7 Å². The van der Waals surface area contributed by atoms with E-state index in [0.29, 0.717) is 12.6 Å². The number of nitro groups is 1. The summed E-state index contributed by atoms with van der Waals surface area (Å²) in [6, 6.07) is 2.81. The number of halogens is 1. The van der Waals surface area contributed by atoms with Crippen LogP contribution in [0.15, 0.2) is 18.2 Å². The normalized spacial score (nSPS) is 17.6. The van der Waals surface area contributed by atoms with Gasteiger partial charge in [0.05, 0.1) is 30.2 Å². The summed E-state index contributed by atoms with van der Waals surface area (Å²) in [6.07, 6.45) is -0.415. The molecular weight excluding hydrogens is 337 g/mol. The Morgan fingerprint density at radius 3 is 2.88 bits per heavy atom. The number of morpholine rings is 1. The lowest BCUT2D eigenvalue weighted by Crippen LogP contribution is -2.49. The number of ether oxygens (including phenoxy) is 1. The molecule has 10 heteroatoms. The van der Waals surface area contributed by atoms with Gasteiger partial charge < -0.3 is 14.7 Å². The number of carboxylic acids is 1. The molecule has 1 aromatic carbocycles. The molecule has 1 N–H and O–H groups in total. The highest BCUT2D eigenvalue weighted by Crippen LogP contribution is 2.22. The summed E-state index contributed by atoms with van der Waals surface area (Å²) in [6.45, 7) is 0.759. The number of hydrogen-bond acceptors (Lipinski definition) is 6. The van der Waals surface area contributed by atoms with E-state index in [2.05, 4.69) is 0 Å². The minimum atomic E-state index is -0.979. The van der Waals surface area contributed by atoms with E-state index in [9.17, 15) is 24.1 Å². The molecule has 0 bridgehead atoms. The van der Waals surface area contributed by atoms with Gasteiger partial charge in [-0.1, -0.05) is 0 Å². The Morgan fingerprint density at radius 2 is 2.24 bits per heavy atom. The van der Waals surface area contributed by atoms with Crippen LogP contribution in [-0.4, -0.2) is 77.6 Å². The minimum Gasteiger partial charge on any atom is -0.480 e. The van der Waals surface area contributed by atoms with Crippen molar-refractivity contribution in [1.82, 2.24) is 9.80 Å². The van der Waals surface area contributed by atoms with E-state index in [1.807, 2.05) is 0 Å². The molecule has 1 aliphatic heterocycles. The fourth-order valence-electron chi connectivity index (χ4n) is 2.66. The third-order valence-electron chi connectivity index (χ3n) is 3.73. The Morgan fingerprint density at radius 1 is 1.52 bits per heavy atom. The van der Waals surface area contributed by atoms with E-state index in [4.69, 9.17) is 9.84 Å². The van der Waals surface area contributed by atoms with Crippen molar-refractivity contribution in [3.05, 3.63) is 39.7 Å². The van der Waals surface area contributed by atoms with E-state index < -0.39 is 34.4 Å². The Labute approximate surface area is 142 Å². The summed E-state index contributed by atoms with van der Waals surface area (Å²) in [4.78, 5) is 36.5. The first kappa shape index (κ1) is 18.7. The van der Waals surface area contributed by atoms with Gasteiger partial charge in [-0.3, -0.25) is 24.6 Å². The molecule has 25 heavy (non-hydrogen) atoms. The molecule has 1 amide bonds. The average Bonchev–Trinajstić information content (AvgIpc) is 2.53. The largest absolute Gasteiger partial charge is 0.480 e. The first-order chi connectivity index (χ1) is 11.8. The predicted octanol–water partition coefficient (Wildman–Crippen LogP) is 0.591. The third-order valence-corrected chi connectivity index (χ3v) is 3.73. The Hall–Kier alpha value is -2.59. The summed E-state index contributed by atoms with van der Waals surface area (Å²) in [5, 5.41) is 19.8. The maximum absolute atomic E-state index is 13.2. The number of hydrogen-bond donors (Lipinski definition) is 1. The van der Waals surface area contributed by atoms with Crippen LogP contribution in [0.3, 0.4) is 0 Å². The van der Waals surface area contributed by atoms with Crippen molar-refractivity contribution in [2.45, 2.75) is 6.10 Å². The molecule has 0 aliphatic carbocycles. The Balaban J connectivity index is 2.09. The maximum atomic E-state index is 13.2. The third kappa shape index (κ3) is 4.94. The predicted molar refractivity (Wildman–Crippen MR) is 83.8 cm³/mol. The number of benzene rings is 1. The zero-order valence-electron chi connectivity index (χ0n) is 13.6. The molecule has 0 spiro atoms. The number of likely N-dealkylation sites (N-methyl/N-ethyl adjacent to an activating group) is 1. The van der Waals surface area contributed by atoms with Gasteiger partial charge in [-0.2, -0.15) is 0 Å². The molecule has 2 rings (SSSR count). The van der Waals surface area contributed by atoms with Crippen molar-refractivity contribution in [2.75, 3.05) is 39.8 Å². The number of nitro benzene ring substituents is 1. The monoisotopic (exact) mass is 355 g/mol. The van der Waals surface area contributed by atoms with Gasteiger partial charge in [0.25, 0.3) is 11.6 Å². The Bertz CT molecular complexity index is 683. The van der Waals surface area contributed by atoms with Crippen molar-refractivity contribution in [2.24, 2.45) is 0 Å². The van der Waals surface area contributed by atoms with Crippen LogP contribution < -0.4 is 0 Å². The molecule has 1 heterocycles. The number of nitrogens with zero attached hydrogens (tertiary/aromatic N) is 3. The van der Waals surface area contributed by atoms with Gasteiger partial charge in [0, 0.05) is 19.6 Å². The van der Waals surface area contributed by atoms with Crippen molar-refractivity contribution in [3.8, 4) is 0 Å². The number of aliphatic carboxylic acids is 1. The zero-order valence-corrected chi connectivity index (χ0v) is 13.6. The van der Waals surface area contributed by atoms with Crippen LogP contribution in [0.1, 0.15) is 10.4 Å². The summed E-state index contributed by atoms with van der Waals surface area (Å²) >= 11 is 0. The highest BCUT2D eigenvalue weighted by atomic mass is 19.1. The number of amides is 1. The average molecular weight is 355 g/mol. The van der Waals surface area contributed by atoms with Gasteiger partial charge in [-0.15, -0.1) is 0 Å². The van der Waals surface area contributed by atoms with Gasteiger partial charge in [-0.05, 0) is 19.2 Å². The maximum Gasteiger partial charge on any atom is 0.317 e. The summed E-state index contributed by atoms with van der Waals surface area (Å²) in [5.41, 5.74) is -0.776. The molecule has 1 aliphatic rings. The Kier molecular flexibility index (Phi) is 5.99. The molecular formula is C15H18FN3O6. The van der Waals surface area contributed by atoms with Crippen molar-refractivity contribution in [1.29, 1.82) is 0 Å². The topological polar surface area (TPSA) is 113 Å². The lowest BCUT2D eigenvalue weighted by Gasteiger charge is -2.34. The summed E-state index contributed by atoms with van der Waals surface area (Å²) < 4.78 is 18.7. The quantitative estimate of drug-likeness (QED) is 0.587. The lowest BCUT2D eigenvalue weighted by molar-refractivity contribution is -0.385. The highest BCUT2D eigenvalue weighted by Gasteiger charge is 2.30. The van der Waals surface area contributed by atoms with Crippen LogP contribution in [0, 0.1) is 15.9 Å². The molecule has 0 aromatic heterocycles. The number of rotatable bonds is 6. The van der Waals surface area contributed by atoms with Crippen LogP contribution in [0.5, 0.6) is 0 Å². The second kappa shape index (κ2) is 7.99. The van der Waals surface area contributed by atoms with Crippen LogP contribution in [-0.2, 0) is 9.53 Å². The van der Waals surface area contributed by atoms with E-state index >= 15 is 0 Å². The number of carbonyl (C=O) groups is 2. The summed E-state index contributed by atoms with van der Waals surface area (Å²) in [5.74, 6) is -2.35. The van der Waals surface area contributed by atoms with E-state index in [-0.39, 0.29) is 31.8 Å². The number of carbonyl (C=O) groups excluding carboxylic acids is 1.